The molecule has 1 saturated carbocycles. The van der Waals surface area contributed by atoms with E-state index in [2.05, 4.69) is 46.4 Å². The summed E-state index contributed by atoms with van der Waals surface area (Å²) >= 11 is 9.54. The maximum atomic E-state index is 6.12. The number of hydrogen-bond acceptors (Lipinski definition) is 1. The van der Waals surface area contributed by atoms with Gasteiger partial charge in [0.25, 0.3) is 0 Å². The van der Waals surface area contributed by atoms with Gasteiger partial charge in [-0.15, -0.1) is 0 Å². The van der Waals surface area contributed by atoms with Crippen molar-refractivity contribution in [3.05, 3.63) is 39.8 Å². The number of nitrogens with one attached hydrogen (secondary N) is 1. The summed E-state index contributed by atoms with van der Waals surface area (Å²) in [6.45, 7) is 2.29. The number of fused-ring (bicyclic) bond motifs is 2. The molecule has 1 N–H and O–H groups in total. The van der Waals surface area contributed by atoms with E-state index in [1.807, 2.05) is 12.1 Å². The monoisotopic (exact) mass is 325 g/mol. The summed E-state index contributed by atoms with van der Waals surface area (Å²) in [5.41, 5.74) is 1.11. The van der Waals surface area contributed by atoms with Crippen LogP contribution in [0, 0.1) is 17.8 Å². The van der Waals surface area contributed by atoms with E-state index in [1.165, 1.54) is 12.8 Å². The molecular weight excluding hydrogens is 310 g/mol. The van der Waals surface area contributed by atoms with Crippen LogP contribution >= 0.6 is 27.5 Å². The Labute approximate surface area is 122 Å². The molecule has 2 aliphatic rings. The summed E-state index contributed by atoms with van der Waals surface area (Å²) < 4.78 is 0.949. The molecule has 2 bridgehead atoms. The molecule has 3 heteroatoms. The van der Waals surface area contributed by atoms with Gasteiger partial charge < -0.3 is 5.32 Å². The molecule has 1 nitrogen and oxygen atoms in total. The maximum Gasteiger partial charge on any atom is 0.0568 e. The average molecular weight is 327 g/mol. The van der Waals surface area contributed by atoms with E-state index in [-0.39, 0.29) is 0 Å². The lowest BCUT2D eigenvalue weighted by Crippen LogP contribution is -2.28. The van der Waals surface area contributed by atoms with Crippen molar-refractivity contribution in [2.75, 3.05) is 5.32 Å². The normalized spacial score (nSPS) is 30.7. The van der Waals surface area contributed by atoms with Crippen molar-refractivity contribution in [2.45, 2.75) is 25.8 Å². The first-order valence-electron chi connectivity index (χ1n) is 6.53. The minimum Gasteiger partial charge on any atom is -0.382 e. The molecular formula is C15H17BrClN. The topological polar surface area (TPSA) is 12.0 Å². The van der Waals surface area contributed by atoms with Crippen LogP contribution in [0.25, 0.3) is 0 Å². The molecule has 1 aromatic carbocycles. The van der Waals surface area contributed by atoms with Gasteiger partial charge in [-0.3, -0.25) is 0 Å². The molecule has 0 aliphatic heterocycles. The lowest BCUT2D eigenvalue weighted by molar-refractivity contribution is 0.400. The fourth-order valence-electron chi connectivity index (χ4n) is 3.35. The molecule has 4 unspecified atom stereocenters. The second-order valence-corrected chi connectivity index (χ2v) is 6.77. The summed E-state index contributed by atoms with van der Waals surface area (Å²) in [5.74, 6) is 2.38. The van der Waals surface area contributed by atoms with Gasteiger partial charge in [0.1, 0.15) is 0 Å². The van der Waals surface area contributed by atoms with Gasteiger partial charge in [0, 0.05) is 16.2 Å². The van der Waals surface area contributed by atoms with Crippen LogP contribution in [0.2, 0.25) is 5.02 Å². The van der Waals surface area contributed by atoms with Crippen LogP contribution in [0.15, 0.2) is 34.8 Å². The van der Waals surface area contributed by atoms with Crippen LogP contribution in [0.1, 0.15) is 19.8 Å². The van der Waals surface area contributed by atoms with E-state index in [0.717, 1.165) is 32.9 Å². The molecule has 0 amide bonds. The summed E-state index contributed by atoms with van der Waals surface area (Å²) in [5, 5.41) is 4.36. The molecule has 4 atom stereocenters. The van der Waals surface area contributed by atoms with Crippen LogP contribution in [0.5, 0.6) is 0 Å². The Balaban J connectivity index is 1.69. The van der Waals surface area contributed by atoms with E-state index in [9.17, 15) is 0 Å². The average Bonchev–Trinajstić information content (AvgIpc) is 2.96. The standard InChI is InChI=1S/C15H17BrClN/c1-9(13-7-10-2-3-11(13)6-10)18-12-4-5-14(16)15(17)8-12/h2-5,8-11,13,18H,6-7H2,1H3. The van der Waals surface area contributed by atoms with Gasteiger partial charge in [0.2, 0.25) is 0 Å². The van der Waals surface area contributed by atoms with Gasteiger partial charge >= 0.3 is 0 Å². The molecule has 18 heavy (non-hydrogen) atoms. The number of rotatable bonds is 3. The van der Waals surface area contributed by atoms with E-state index < -0.39 is 0 Å². The molecule has 0 heterocycles. The number of hydrogen-bond donors (Lipinski definition) is 1. The first-order valence-corrected chi connectivity index (χ1v) is 7.70. The highest BCUT2D eigenvalue weighted by atomic mass is 79.9. The van der Waals surface area contributed by atoms with Crippen molar-refractivity contribution in [1.82, 2.24) is 0 Å². The van der Waals surface area contributed by atoms with Gasteiger partial charge in [-0.05, 0) is 71.6 Å². The smallest absolute Gasteiger partial charge is 0.0568 e. The number of allylic oxidation sites excluding steroid dienone is 2. The van der Waals surface area contributed by atoms with Crippen LogP contribution in [-0.4, -0.2) is 6.04 Å². The molecule has 1 aromatic rings. The highest BCUT2D eigenvalue weighted by Crippen LogP contribution is 2.45. The summed E-state index contributed by atoms with van der Waals surface area (Å²) in [6.07, 6.45) is 7.49. The summed E-state index contributed by atoms with van der Waals surface area (Å²) in [4.78, 5) is 0. The fourth-order valence-corrected chi connectivity index (χ4v) is 3.78. The van der Waals surface area contributed by atoms with Crippen molar-refractivity contribution in [1.29, 1.82) is 0 Å². The fraction of sp³-hybridized carbons (Fsp3) is 0.467. The third-order valence-electron chi connectivity index (χ3n) is 4.29. The Bertz CT molecular complexity index is 485. The number of benzene rings is 1. The van der Waals surface area contributed by atoms with E-state index >= 15 is 0 Å². The Morgan fingerprint density at radius 3 is 2.78 bits per heavy atom. The van der Waals surface area contributed by atoms with E-state index in [1.54, 1.807) is 0 Å². The summed E-state index contributed by atoms with van der Waals surface area (Å²) in [7, 11) is 0. The van der Waals surface area contributed by atoms with Gasteiger partial charge in [-0.25, -0.2) is 0 Å². The summed E-state index contributed by atoms with van der Waals surface area (Å²) in [6, 6.07) is 6.57. The SMILES string of the molecule is CC(Nc1ccc(Br)c(Cl)c1)C1CC2C=CC1C2. The first kappa shape index (κ1) is 12.6. The number of anilines is 1. The Kier molecular flexibility index (Phi) is 3.42. The van der Waals surface area contributed by atoms with E-state index in [0.29, 0.717) is 6.04 Å². The maximum absolute atomic E-state index is 6.12. The lowest BCUT2D eigenvalue weighted by atomic mass is 9.87. The van der Waals surface area contributed by atoms with Crippen molar-refractivity contribution in [3.63, 3.8) is 0 Å². The van der Waals surface area contributed by atoms with Gasteiger partial charge in [0.15, 0.2) is 0 Å². The highest BCUT2D eigenvalue weighted by Gasteiger charge is 2.38. The first-order chi connectivity index (χ1) is 8.63. The molecule has 0 aromatic heterocycles. The molecule has 2 aliphatic carbocycles. The van der Waals surface area contributed by atoms with Crippen molar-refractivity contribution >= 4 is 33.2 Å². The van der Waals surface area contributed by atoms with Crippen LogP contribution < -0.4 is 5.32 Å². The number of halogens is 2. The minimum atomic E-state index is 0.502. The zero-order valence-corrected chi connectivity index (χ0v) is 12.7. The third kappa shape index (κ3) is 2.33. The second kappa shape index (κ2) is 4.90. The van der Waals surface area contributed by atoms with Gasteiger partial charge in [-0.1, -0.05) is 23.8 Å². The molecule has 0 radical (unpaired) electrons. The molecule has 1 fully saturated rings. The van der Waals surface area contributed by atoms with Crippen molar-refractivity contribution < 1.29 is 0 Å². The predicted molar refractivity (Wildman–Crippen MR) is 81.1 cm³/mol. The van der Waals surface area contributed by atoms with Crippen molar-refractivity contribution in [3.8, 4) is 0 Å². The largest absolute Gasteiger partial charge is 0.382 e. The van der Waals surface area contributed by atoms with Gasteiger partial charge in [0.05, 0.1) is 5.02 Å². The van der Waals surface area contributed by atoms with E-state index in [4.69, 9.17) is 11.6 Å². The molecule has 96 valence electrons. The molecule has 0 saturated heterocycles. The molecule has 3 rings (SSSR count). The molecule has 0 spiro atoms. The lowest BCUT2D eigenvalue weighted by Gasteiger charge is -2.27. The Morgan fingerprint density at radius 1 is 1.33 bits per heavy atom. The zero-order valence-electron chi connectivity index (χ0n) is 10.4. The van der Waals surface area contributed by atoms with Crippen LogP contribution in [0.3, 0.4) is 0 Å². The van der Waals surface area contributed by atoms with Crippen LogP contribution in [0.4, 0.5) is 5.69 Å². The van der Waals surface area contributed by atoms with Crippen molar-refractivity contribution in [2.24, 2.45) is 17.8 Å². The second-order valence-electron chi connectivity index (χ2n) is 5.51. The Hall–Kier alpha value is -0.470. The Morgan fingerprint density at radius 2 is 2.17 bits per heavy atom. The predicted octanol–water partition coefficient (Wildman–Crippen LogP) is 5.12. The minimum absolute atomic E-state index is 0.502. The zero-order chi connectivity index (χ0) is 12.7. The highest BCUT2D eigenvalue weighted by molar-refractivity contribution is 9.10. The third-order valence-corrected chi connectivity index (χ3v) is 5.52. The van der Waals surface area contributed by atoms with Crippen LogP contribution in [-0.2, 0) is 0 Å². The quantitative estimate of drug-likeness (QED) is 0.761. The van der Waals surface area contributed by atoms with Gasteiger partial charge in [-0.2, -0.15) is 0 Å².